The molecule has 0 aliphatic heterocycles. The number of rotatable bonds is 5. The van der Waals surface area contributed by atoms with Crippen LogP contribution in [0.25, 0.3) is 0 Å². The van der Waals surface area contributed by atoms with Crippen LogP contribution in [0.2, 0.25) is 5.02 Å². The van der Waals surface area contributed by atoms with Crippen molar-refractivity contribution in [2.24, 2.45) is 0 Å². The van der Waals surface area contributed by atoms with Crippen LogP contribution < -0.4 is 10.2 Å². The zero-order valence-electron chi connectivity index (χ0n) is 12.2. The average molecular weight is 290 g/mol. The highest BCUT2D eigenvalue weighted by atomic mass is 35.5. The topological polar surface area (TPSA) is 28.2 Å². The number of aromatic nitrogens is 1. The van der Waals surface area contributed by atoms with Crippen LogP contribution in [0.1, 0.15) is 18.1 Å². The van der Waals surface area contributed by atoms with Gasteiger partial charge in [0.25, 0.3) is 0 Å². The molecule has 0 amide bonds. The number of hydrogen-bond acceptors (Lipinski definition) is 3. The second-order valence-corrected chi connectivity index (χ2v) is 5.18. The molecule has 0 radical (unpaired) electrons. The standard InChI is InChI=1S/C16H20ClN3/c1-4-18-10-13-9-14(17)16(19-11-13)20(3)15-8-6-5-7-12(15)2/h5-9,11,18H,4,10H2,1-3H3. The zero-order chi connectivity index (χ0) is 14.5. The van der Waals surface area contributed by atoms with Crippen LogP contribution in [0.3, 0.4) is 0 Å². The van der Waals surface area contributed by atoms with Gasteiger partial charge in [-0.15, -0.1) is 0 Å². The third-order valence-electron chi connectivity index (χ3n) is 3.25. The van der Waals surface area contributed by atoms with E-state index >= 15 is 0 Å². The van der Waals surface area contributed by atoms with Crippen LogP contribution in [0.4, 0.5) is 11.5 Å². The molecule has 1 heterocycles. The maximum absolute atomic E-state index is 6.37. The van der Waals surface area contributed by atoms with Gasteiger partial charge in [-0.2, -0.15) is 0 Å². The minimum absolute atomic E-state index is 0.672. The summed E-state index contributed by atoms with van der Waals surface area (Å²) in [6, 6.07) is 10.2. The van der Waals surface area contributed by atoms with Gasteiger partial charge in [-0.05, 0) is 36.7 Å². The van der Waals surface area contributed by atoms with Crippen molar-refractivity contribution in [1.29, 1.82) is 0 Å². The van der Waals surface area contributed by atoms with Crippen molar-refractivity contribution in [3.63, 3.8) is 0 Å². The van der Waals surface area contributed by atoms with Crippen molar-refractivity contribution in [3.05, 3.63) is 52.7 Å². The normalized spacial score (nSPS) is 10.6. The molecule has 2 rings (SSSR count). The summed E-state index contributed by atoms with van der Waals surface area (Å²) in [6.07, 6.45) is 1.87. The first kappa shape index (κ1) is 14.8. The molecule has 0 atom stereocenters. The summed E-state index contributed by atoms with van der Waals surface area (Å²) in [4.78, 5) is 6.53. The molecular formula is C16H20ClN3. The van der Waals surface area contributed by atoms with Crippen molar-refractivity contribution in [2.45, 2.75) is 20.4 Å². The predicted molar refractivity (Wildman–Crippen MR) is 85.9 cm³/mol. The van der Waals surface area contributed by atoms with Gasteiger partial charge in [-0.3, -0.25) is 0 Å². The Bertz CT molecular complexity index is 584. The van der Waals surface area contributed by atoms with Crippen molar-refractivity contribution < 1.29 is 0 Å². The number of anilines is 2. The fraction of sp³-hybridized carbons (Fsp3) is 0.312. The smallest absolute Gasteiger partial charge is 0.151 e. The highest BCUT2D eigenvalue weighted by Gasteiger charge is 2.12. The average Bonchev–Trinajstić information content (AvgIpc) is 2.45. The van der Waals surface area contributed by atoms with Crippen LogP contribution in [0.15, 0.2) is 36.5 Å². The summed E-state index contributed by atoms with van der Waals surface area (Å²) in [6.45, 7) is 5.88. The van der Waals surface area contributed by atoms with Gasteiger partial charge < -0.3 is 10.2 Å². The molecule has 1 aromatic heterocycles. The summed E-state index contributed by atoms with van der Waals surface area (Å²) >= 11 is 6.37. The lowest BCUT2D eigenvalue weighted by atomic mass is 10.2. The molecule has 2 aromatic rings. The molecule has 20 heavy (non-hydrogen) atoms. The summed E-state index contributed by atoms with van der Waals surface area (Å²) in [7, 11) is 1.99. The molecule has 0 saturated carbocycles. The number of hydrogen-bond donors (Lipinski definition) is 1. The highest BCUT2D eigenvalue weighted by Crippen LogP contribution is 2.30. The fourth-order valence-electron chi connectivity index (χ4n) is 2.14. The Morgan fingerprint density at radius 3 is 2.70 bits per heavy atom. The van der Waals surface area contributed by atoms with Gasteiger partial charge in [0.1, 0.15) is 0 Å². The Labute approximate surface area is 125 Å². The van der Waals surface area contributed by atoms with E-state index in [9.17, 15) is 0 Å². The maximum atomic E-state index is 6.37. The van der Waals surface area contributed by atoms with Crippen molar-refractivity contribution in [3.8, 4) is 0 Å². The molecule has 0 aliphatic rings. The Balaban J connectivity index is 2.27. The van der Waals surface area contributed by atoms with Gasteiger partial charge in [0, 0.05) is 25.5 Å². The monoisotopic (exact) mass is 289 g/mol. The number of pyridine rings is 1. The quantitative estimate of drug-likeness (QED) is 0.904. The third-order valence-corrected chi connectivity index (χ3v) is 3.53. The number of benzene rings is 1. The lowest BCUT2D eigenvalue weighted by Gasteiger charge is -2.21. The van der Waals surface area contributed by atoms with Gasteiger partial charge >= 0.3 is 0 Å². The van der Waals surface area contributed by atoms with E-state index in [0.29, 0.717) is 5.02 Å². The summed E-state index contributed by atoms with van der Waals surface area (Å²) in [5, 5.41) is 3.94. The predicted octanol–water partition coefficient (Wildman–Crippen LogP) is 3.92. The zero-order valence-corrected chi connectivity index (χ0v) is 12.9. The molecule has 0 bridgehead atoms. The number of halogens is 1. The number of nitrogens with zero attached hydrogens (tertiary/aromatic N) is 2. The first-order valence-corrected chi connectivity index (χ1v) is 7.15. The minimum Gasteiger partial charge on any atom is -0.328 e. The van der Waals surface area contributed by atoms with Crippen LogP contribution in [0.5, 0.6) is 0 Å². The summed E-state index contributed by atoms with van der Waals surface area (Å²) in [5.41, 5.74) is 3.41. The van der Waals surface area contributed by atoms with Gasteiger partial charge in [0.2, 0.25) is 0 Å². The van der Waals surface area contributed by atoms with Crippen LogP contribution in [-0.2, 0) is 6.54 Å². The Hall–Kier alpha value is -1.58. The van der Waals surface area contributed by atoms with E-state index in [4.69, 9.17) is 11.6 Å². The lowest BCUT2D eigenvalue weighted by molar-refractivity contribution is 0.724. The lowest BCUT2D eigenvalue weighted by Crippen LogP contribution is -2.15. The molecule has 4 heteroatoms. The van der Waals surface area contributed by atoms with E-state index in [0.717, 1.165) is 30.2 Å². The van der Waals surface area contributed by atoms with Crippen molar-refractivity contribution in [1.82, 2.24) is 10.3 Å². The molecule has 0 unspecified atom stereocenters. The number of aryl methyl sites for hydroxylation is 1. The molecule has 0 aliphatic carbocycles. The van der Waals surface area contributed by atoms with Crippen LogP contribution in [-0.4, -0.2) is 18.6 Å². The van der Waals surface area contributed by atoms with Crippen LogP contribution in [0, 0.1) is 6.92 Å². The number of nitrogens with one attached hydrogen (secondary N) is 1. The van der Waals surface area contributed by atoms with Crippen LogP contribution >= 0.6 is 11.6 Å². The largest absolute Gasteiger partial charge is 0.328 e. The van der Waals surface area contributed by atoms with E-state index < -0.39 is 0 Å². The van der Waals surface area contributed by atoms with Gasteiger partial charge in [0.05, 0.1) is 5.02 Å². The molecule has 0 saturated heterocycles. The first-order chi connectivity index (χ1) is 9.63. The second-order valence-electron chi connectivity index (χ2n) is 4.77. The Kier molecular flexibility index (Phi) is 4.99. The van der Waals surface area contributed by atoms with E-state index in [1.54, 1.807) is 0 Å². The minimum atomic E-state index is 0.672. The summed E-state index contributed by atoms with van der Waals surface area (Å²) < 4.78 is 0. The molecule has 1 aromatic carbocycles. The highest BCUT2D eigenvalue weighted by molar-refractivity contribution is 6.33. The SMILES string of the molecule is CCNCc1cnc(N(C)c2ccccc2C)c(Cl)c1. The van der Waals surface area contributed by atoms with Gasteiger partial charge in [-0.25, -0.2) is 4.98 Å². The maximum Gasteiger partial charge on any atom is 0.151 e. The Morgan fingerprint density at radius 1 is 1.30 bits per heavy atom. The third kappa shape index (κ3) is 3.30. The summed E-state index contributed by atoms with van der Waals surface area (Å²) in [5.74, 6) is 0.779. The van der Waals surface area contributed by atoms with E-state index in [2.05, 4.69) is 36.3 Å². The first-order valence-electron chi connectivity index (χ1n) is 6.78. The molecule has 1 N–H and O–H groups in total. The molecule has 106 valence electrons. The van der Waals surface area contributed by atoms with Gasteiger partial charge in [0.15, 0.2) is 5.82 Å². The molecule has 3 nitrogen and oxygen atoms in total. The van der Waals surface area contributed by atoms with Crippen molar-refractivity contribution in [2.75, 3.05) is 18.5 Å². The van der Waals surface area contributed by atoms with Crippen molar-refractivity contribution >= 4 is 23.1 Å². The molecular weight excluding hydrogens is 270 g/mol. The molecule has 0 spiro atoms. The fourth-order valence-corrected chi connectivity index (χ4v) is 2.45. The number of para-hydroxylation sites is 1. The van der Waals surface area contributed by atoms with Gasteiger partial charge in [-0.1, -0.05) is 36.7 Å². The van der Waals surface area contributed by atoms with E-state index in [1.165, 1.54) is 5.56 Å². The van der Waals surface area contributed by atoms with E-state index in [1.807, 2.05) is 36.3 Å². The Morgan fingerprint density at radius 2 is 2.05 bits per heavy atom. The van der Waals surface area contributed by atoms with E-state index in [-0.39, 0.29) is 0 Å². The molecule has 0 fully saturated rings. The second kappa shape index (κ2) is 6.73.